The SMILES string of the molecule is CC[C@@H](C)[NH2+]Cc1nc(-c2ccc(Cl)cc2)no1. The summed E-state index contributed by atoms with van der Waals surface area (Å²) in [4.78, 5) is 4.36. The topological polar surface area (TPSA) is 55.5 Å². The molecule has 1 heterocycles. The van der Waals surface area contributed by atoms with Crippen molar-refractivity contribution in [2.24, 2.45) is 0 Å². The van der Waals surface area contributed by atoms with E-state index in [4.69, 9.17) is 16.1 Å². The number of halogens is 1. The molecule has 0 saturated heterocycles. The van der Waals surface area contributed by atoms with Gasteiger partial charge in [-0.2, -0.15) is 4.98 Å². The molecule has 0 bridgehead atoms. The Balaban J connectivity index is 2.03. The molecule has 2 N–H and O–H groups in total. The van der Waals surface area contributed by atoms with Crippen LogP contribution in [0.25, 0.3) is 11.4 Å². The Bertz CT molecular complexity index is 495. The lowest BCUT2D eigenvalue weighted by Gasteiger charge is -2.04. The molecule has 0 saturated carbocycles. The predicted octanol–water partition coefficient (Wildman–Crippen LogP) is 2.25. The van der Waals surface area contributed by atoms with Crippen LogP contribution in [-0.4, -0.2) is 16.2 Å². The van der Waals surface area contributed by atoms with Crippen LogP contribution in [0.5, 0.6) is 0 Å². The van der Waals surface area contributed by atoms with Gasteiger partial charge in [0, 0.05) is 10.6 Å². The van der Waals surface area contributed by atoms with Gasteiger partial charge in [0.05, 0.1) is 6.04 Å². The van der Waals surface area contributed by atoms with Crippen molar-refractivity contribution in [2.45, 2.75) is 32.9 Å². The molecule has 4 nitrogen and oxygen atoms in total. The molecule has 1 aromatic carbocycles. The Hall–Kier alpha value is -1.39. The van der Waals surface area contributed by atoms with Crippen molar-refractivity contribution in [1.29, 1.82) is 0 Å². The molecule has 1 atom stereocenters. The van der Waals surface area contributed by atoms with Crippen molar-refractivity contribution in [3.05, 3.63) is 35.2 Å². The standard InChI is InChI=1S/C13H16ClN3O/c1-3-9(2)15-8-12-16-13(17-18-12)10-4-6-11(14)7-5-10/h4-7,9,15H,3,8H2,1-2H3/p+1/t9-/m1/s1. The maximum atomic E-state index is 5.84. The molecule has 2 rings (SSSR count). The largest absolute Gasteiger partial charge is 0.336 e. The average molecular weight is 267 g/mol. The molecular weight excluding hydrogens is 250 g/mol. The lowest BCUT2D eigenvalue weighted by atomic mass is 10.2. The quantitative estimate of drug-likeness (QED) is 0.903. The Morgan fingerprint density at radius 1 is 1.33 bits per heavy atom. The van der Waals surface area contributed by atoms with Gasteiger partial charge in [-0.15, -0.1) is 0 Å². The van der Waals surface area contributed by atoms with Crippen molar-refractivity contribution in [3.63, 3.8) is 0 Å². The Kier molecular flexibility index (Phi) is 4.33. The van der Waals surface area contributed by atoms with Crippen LogP contribution in [0.2, 0.25) is 5.02 Å². The minimum absolute atomic E-state index is 0.566. The fourth-order valence-electron chi connectivity index (χ4n) is 1.52. The van der Waals surface area contributed by atoms with Crippen molar-refractivity contribution in [2.75, 3.05) is 0 Å². The van der Waals surface area contributed by atoms with E-state index in [1.165, 1.54) is 0 Å². The van der Waals surface area contributed by atoms with Crippen LogP contribution in [-0.2, 0) is 6.54 Å². The van der Waals surface area contributed by atoms with Gasteiger partial charge in [-0.05, 0) is 37.6 Å². The first kappa shape index (κ1) is 13.1. The Morgan fingerprint density at radius 2 is 2.06 bits per heavy atom. The van der Waals surface area contributed by atoms with E-state index in [2.05, 4.69) is 29.3 Å². The molecule has 0 fully saturated rings. The normalized spacial score (nSPS) is 12.6. The van der Waals surface area contributed by atoms with Crippen LogP contribution < -0.4 is 5.32 Å². The fourth-order valence-corrected chi connectivity index (χ4v) is 1.65. The highest BCUT2D eigenvalue weighted by molar-refractivity contribution is 6.30. The van der Waals surface area contributed by atoms with E-state index in [-0.39, 0.29) is 0 Å². The molecule has 0 aliphatic carbocycles. The van der Waals surface area contributed by atoms with E-state index in [1.54, 1.807) is 0 Å². The van der Waals surface area contributed by atoms with E-state index in [9.17, 15) is 0 Å². The first-order chi connectivity index (χ1) is 8.69. The first-order valence-corrected chi connectivity index (χ1v) is 6.48. The van der Waals surface area contributed by atoms with Gasteiger partial charge in [0.1, 0.15) is 0 Å². The van der Waals surface area contributed by atoms with Crippen LogP contribution in [0.15, 0.2) is 28.8 Å². The van der Waals surface area contributed by atoms with Gasteiger partial charge >= 0.3 is 0 Å². The first-order valence-electron chi connectivity index (χ1n) is 6.11. The van der Waals surface area contributed by atoms with Gasteiger partial charge in [0.15, 0.2) is 6.54 Å². The highest BCUT2D eigenvalue weighted by Gasteiger charge is 2.11. The van der Waals surface area contributed by atoms with E-state index in [0.29, 0.717) is 22.8 Å². The lowest BCUT2D eigenvalue weighted by molar-refractivity contribution is -0.703. The van der Waals surface area contributed by atoms with Crippen LogP contribution in [0, 0.1) is 0 Å². The van der Waals surface area contributed by atoms with Gasteiger partial charge in [0.25, 0.3) is 5.89 Å². The van der Waals surface area contributed by atoms with Crippen LogP contribution in [0.1, 0.15) is 26.2 Å². The van der Waals surface area contributed by atoms with Crippen molar-refractivity contribution in [3.8, 4) is 11.4 Å². The molecule has 0 aliphatic rings. The average Bonchev–Trinajstić information content (AvgIpc) is 2.85. The molecule has 18 heavy (non-hydrogen) atoms. The number of aromatic nitrogens is 2. The van der Waals surface area contributed by atoms with Crippen LogP contribution in [0.4, 0.5) is 0 Å². The number of hydrogen-bond acceptors (Lipinski definition) is 3. The maximum absolute atomic E-state index is 5.84. The summed E-state index contributed by atoms with van der Waals surface area (Å²) in [6.45, 7) is 5.06. The molecule has 0 unspecified atom stereocenters. The number of hydrogen-bond donors (Lipinski definition) is 1. The minimum Gasteiger partial charge on any atom is -0.336 e. The summed E-state index contributed by atoms with van der Waals surface area (Å²) in [7, 11) is 0. The highest BCUT2D eigenvalue weighted by Crippen LogP contribution is 2.18. The predicted molar refractivity (Wildman–Crippen MR) is 70.1 cm³/mol. The third-order valence-corrected chi connectivity index (χ3v) is 3.16. The molecule has 5 heteroatoms. The summed E-state index contributed by atoms with van der Waals surface area (Å²) >= 11 is 5.84. The number of benzene rings is 1. The molecule has 0 aliphatic heterocycles. The fraction of sp³-hybridized carbons (Fsp3) is 0.385. The number of quaternary nitrogens is 1. The maximum Gasteiger partial charge on any atom is 0.282 e. The number of rotatable bonds is 5. The summed E-state index contributed by atoms with van der Waals surface area (Å²) in [5.74, 6) is 1.26. The van der Waals surface area contributed by atoms with Gasteiger partial charge in [-0.1, -0.05) is 23.7 Å². The lowest BCUT2D eigenvalue weighted by Crippen LogP contribution is -2.87. The summed E-state index contributed by atoms with van der Waals surface area (Å²) < 4.78 is 5.22. The van der Waals surface area contributed by atoms with E-state index in [1.807, 2.05) is 24.3 Å². The summed E-state index contributed by atoms with van der Waals surface area (Å²) in [6.07, 6.45) is 1.12. The van der Waals surface area contributed by atoms with Gasteiger partial charge in [-0.3, -0.25) is 0 Å². The summed E-state index contributed by atoms with van der Waals surface area (Å²) in [5.41, 5.74) is 0.915. The Morgan fingerprint density at radius 3 is 2.72 bits per heavy atom. The molecule has 0 amide bonds. The molecule has 0 radical (unpaired) electrons. The third-order valence-electron chi connectivity index (χ3n) is 2.91. The highest BCUT2D eigenvalue weighted by atomic mass is 35.5. The van der Waals surface area contributed by atoms with Crippen LogP contribution >= 0.6 is 11.6 Å². The monoisotopic (exact) mass is 266 g/mol. The molecular formula is C13H17ClN3O+. The zero-order valence-corrected chi connectivity index (χ0v) is 11.3. The molecule has 1 aromatic heterocycles. The minimum atomic E-state index is 0.566. The molecule has 96 valence electrons. The molecule has 2 aromatic rings. The van der Waals surface area contributed by atoms with Crippen molar-refractivity contribution in [1.82, 2.24) is 10.1 Å². The van der Waals surface area contributed by atoms with E-state index < -0.39 is 0 Å². The van der Waals surface area contributed by atoms with Gasteiger partial charge in [0.2, 0.25) is 5.82 Å². The van der Waals surface area contributed by atoms with Crippen molar-refractivity contribution < 1.29 is 9.84 Å². The van der Waals surface area contributed by atoms with E-state index >= 15 is 0 Å². The summed E-state index contributed by atoms with van der Waals surface area (Å²) in [6, 6.07) is 7.97. The third kappa shape index (κ3) is 3.31. The van der Waals surface area contributed by atoms with Crippen LogP contribution in [0.3, 0.4) is 0 Å². The second kappa shape index (κ2) is 5.98. The second-order valence-electron chi connectivity index (χ2n) is 4.34. The van der Waals surface area contributed by atoms with Gasteiger partial charge < -0.3 is 9.84 Å². The molecule has 0 spiro atoms. The second-order valence-corrected chi connectivity index (χ2v) is 4.78. The number of nitrogens with two attached hydrogens (primary N) is 1. The van der Waals surface area contributed by atoms with Crippen molar-refractivity contribution >= 4 is 11.6 Å². The zero-order chi connectivity index (χ0) is 13.0. The van der Waals surface area contributed by atoms with Gasteiger partial charge in [-0.25, -0.2) is 0 Å². The number of nitrogens with zero attached hydrogens (tertiary/aromatic N) is 2. The smallest absolute Gasteiger partial charge is 0.282 e. The summed E-state index contributed by atoms with van der Waals surface area (Å²) in [5, 5.41) is 6.87. The van der Waals surface area contributed by atoms with E-state index in [0.717, 1.165) is 18.5 Å². The Labute approximate surface area is 111 Å². The zero-order valence-electron chi connectivity index (χ0n) is 10.6.